The minimum Gasteiger partial charge on any atom is -0.508 e. The van der Waals surface area contributed by atoms with Gasteiger partial charge < -0.3 is 10.8 Å². The number of anilines is 1. The van der Waals surface area contributed by atoms with E-state index >= 15 is 0 Å². The highest BCUT2D eigenvalue weighted by Gasteiger charge is 2.24. The van der Waals surface area contributed by atoms with Gasteiger partial charge >= 0.3 is 0 Å². The SMILES string of the molecule is [2H]c1c(N)c(C(C)(C([2H])([2H])[2H])C([2H])([2H])[2H])cc(C(C([2H])([2H])[2H])(C([2H])([2H])[2H])C([2H])([2H])[2H])c1O. The van der Waals surface area contributed by atoms with Crippen molar-refractivity contribution in [2.45, 2.75) is 52.0 Å². The van der Waals surface area contributed by atoms with Gasteiger partial charge in [0.15, 0.2) is 0 Å². The van der Waals surface area contributed by atoms with Crippen molar-refractivity contribution < 1.29 is 27.0 Å². The molecule has 16 heavy (non-hydrogen) atoms. The van der Waals surface area contributed by atoms with Gasteiger partial charge in [0.1, 0.15) is 5.75 Å². The molecule has 0 radical (unpaired) electrons. The van der Waals surface area contributed by atoms with Crippen molar-refractivity contribution in [3.05, 3.63) is 23.2 Å². The third kappa shape index (κ3) is 2.49. The predicted octanol–water partition coefficient (Wildman–Crippen LogP) is 3.57. The molecule has 2 nitrogen and oxygen atoms in total. The quantitative estimate of drug-likeness (QED) is 0.678. The number of nitrogen functional groups attached to an aromatic ring is 1. The van der Waals surface area contributed by atoms with Crippen LogP contribution in [0, 0.1) is 0 Å². The molecule has 2 heteroatoms. The van der Waals surface area contributed by atoms with Gasteiger partial charge in [0.05, 0.1) is 1.37 Å². The van der Waals surface area contributed by atoms with Crippen molar-refractivity contribution in [1.82, 2.24) is 0 Å². The van der Waals surface area contributed by atoms with E-state index in [0.717, 1.165) is 6.92 Å². The van der Waals surface area contributed by atoms with Crippen LogP contribution in [0.2, 0.25) is 0 Å². The minimum atomic E-state index is -3.85. The average molecular weight is 237 g/mol. The summed E-state index contributed by atoms with van der Waals surface area (Å²) < 4.78 is 124. The predicted molar refractivity (Wildman–Crippen MR) is 69.9 cm³/mol. The van der Waals surface area contributed by atoms with Gasteiger partial charge in [-0.15, -0.1) is 0 Å². The number of phenolic OH excluding ortho intramolecular Hbond substituents is 1. The van der Waals surface area contributed by atoms with E-state index in [0.29, 0.717) is 6.07 Å². The zero-order valence-electron chi connectivity index (χ0n) is 24.6. The third-order valence-electron chi connectivity index (χ3n) is 2.03. The van der Waals surface area contributed by atoms with Crippen molar-refractivity contribution >= 4 is 5.69 Å². The highest BCUT2D eigenvalue weighted by molar-refractivity contribution is 5.58. The lowest BCUT2D eigenvalue weighted by atomic mass is 9.79. The zero-order chi connectivity index (χ0) is 26.1. The number of benzene rings is 1. The molecule has 0 aliphatic carbocycles. The van der Waals surface area contributed by atoms with E-state index in [1.165, 1.54) is 0 Å². The first-order chi connectivity index (χ1) is 13.7. The molecule has 0 fully saturated rings. The van der Waals surface area contributed by atoms with Crippen molar-refractivity contribution in [1.29, 1.82) is 0 Å². The molecule has 90 valence electrons. The number of hydrogen-bond donors (Lipinski definition) is 2. The summed E-state index contributed by atoms with van der Waals surface area (Å²) in [6.45, 7) is -17.5. The Bertz CT molecular complexity index is 820. The molecule has 0 saturated carbocycles. The summed E-state index contributed by atoms with van der Waals surface area (Å²) in [5.41, 5.74) is -4.08. The molecule has 0 saturated heterocycles. The largest absolute Gasteiger partial charge is 0.508 e. The monoisotopic (exact) mass is 237 g/mol. The molecule has 0 bridgehead atoms. The Morgan fingerprint density at radius 1 is 1.19 bits per heavy atom. The van der Waals surface area contributed by atoms with Gasteiger partial charge in [-0.1, -0.05) is 41.2 Å². The number of aromatic hydroxyl groups is 1. The highest BCUT2D eigenvalue weighted by atomic mass is 16.3. The molecule has 0 spiro atoms. The first-order valence-electron chi connectivity index (χ1n) is 12.3. The number of hydrogen-bond acceptors (Lipinski definition) is 2. The Hall–Kier alpha value is -1.18. The van der Waals surface area contributed by atoms with Crippen LogP contribution < -0.4 is 5.73 Å². The van der Waals surface area contributed by atoms with Gasteiger partial charge in [0.2, 0.25) is 0 Å². The van der Waals surface area contributed by atoms with Crippen LogP contribution in [0.5, 0.6) is 5.75 Å². The highest BCUT2D eigenvalue weighted by Crippen LogP contribution is 2.38. The van der Waals surface area contributed by atoms with E-state index in [2.05, 4.69) is 0 Å². The van der Waals surface area contributed by atoms with Gasteiger partial charge in [-0.05, 0) is 28.0 Å². The fraction of sp³-hybridized carbons (Fsp3) is 0.571. The summed E-state index contributed by atoms with van der Waals surface area (Å²) in [4.78, 5) is 0. The molecule has 0 unspecified atom stereocenters. The van der Waals surface area contributed by atoms with Gasteiger partial charge in [-0.3, -0.25) is 0 Å². The van der Waals surface area contributed by atoms with Crippen LogP contribution >= 0.6 is 0 Å². The lowest BCUT2D eigenvalue weighted by Gasteiger charge is -2.27. The summed E-state index contributed by atoms with van der Waals surface area (Å²) in [6, 6.07) is -0.827. The van der Waals surface area contributed by atoms with E-state index in [1.807, 2.05) is 0 Å². The van der Waals surface area contributed by atoms with Gasteiger partial charge in [-0.25, -0.2) is 0 Å². The molecular weight excluding hydrogens is 198 g/mol. The van der Waals surface area contributed by atoms with Crippen LogP contribution in [0.1, 0.15) is 74.2 Å². The molecule has 1 rings (SSSR count). The molecule has 3 N–H and O–H groups in total. The molecule has 0 atom stereocenters. The second kappa shape index (κ2) is 3.69. The molecule has 0 aromatic heterocycles. The van der Waals surface area contributed by atoms with Gasteiger partial charge in [-0.2, -0.15) is 0 Å². The van der Waals surface area contributed by atoms with E-state index in [-0.39, 0.29) is 0 Å². The van der Waals surface area contributed by atoms with Crippen LogP contribution in [0.25, 0.3) is 0 Å². The molecule has 1 aromatic rings. The minimum absolute atomic E-state index is 0.368. The summed E-state index contributed by atoms with van der Waals surface area (Å²) in [7, 11) is 0. The normalized spacial score (nSPS) is 31.6. The Labute approximate surface area is 121 Å². The molecule has 0 aliphatic rings. The van der Waals surface area contributed by atoms with Crippen LogP contribution in [-0.2, 0) is 10.8 Å². The first kappa shape index (κ1) is 2.98. The van der Waals surface area contributed by atoms with E-state index in [9.17, 15) is 5.11 Å². The maximum Gasteiger partial charge on any atom is 0.121 e. The number of rotatable bonds is 0. The molecule has 1 aromatic carbocycles. The van der Waals surface area contributed by atoms with Crippen molar-refractivity contribution in [3.63, 3.8) is 0 Å². The second-order valence-corrected chi connectivity index (χ2v) is 3.73. The Balaban J connectivity index is 4.48. The van der Waals surface area contributed by atoms with E-state index < -0.39 is 73.7 Å². The second-order valence-electron chi connectivity index (χ2n) is 3.73. The average Bonchev–Trinajstić information content (AvgIpc) is 2.48. The molecule has 0 amide bonds. The Morgan fingerprint density at radius 3 is 2.25 bits per heavy atom. The van der Waals surface area contributed by atoms with E-state index in [4.69, 9.17) is 27.7 Å². The lowest BCUT2D eigenvalue weighted by Crippen LogP contribution is -2.18. The Kier molecular flexibility index (Phi) is 0.687. The van der Waals surface area contributed by atoms with Gasteiger partial charge in [0.25, 0.3) is 0 Å². The van der Waals surface area contributed by atoms with Crippen molar-refractivity contribution in [2.24, 2.45) is 0 Å². The Morgan fingerprint density at radius 2 is 1.75 bits per heavy atom. The maximum atomic E-state index is 10.5. The summed E-state index contributed by atoms with van der Waals surface area (Å²) >= 11 is 0. The number of phenols is 1. The summed E-state index contributed by atoms with van der Waals surface area (Å²) in [5.74, 6) is -1.42. The van der Waals surface area contributed by atoms with Crippen LogP contribution in [0.3, 0.4) is 0 Å². The topological polar surface area (TPSA) is 46.2 Å². The van der Waals surface area contributed by atoms with Crippen molar-refractivity contribution in [2.75, 3.05) is 5.73 Å². The number of nitrogens with two attached hydrogens (primary N) is 1. The van der Waals surface area contributed by atoms with Crippen LogP contribution in [0.4, 0.5) is 5.69 Å². The third-order valence-corrected chi connectivity index (χ3v) is 2.03. The van der Waals surface area contributed by atoms with Crippen LogP contribution in [0.15, 0.2) is 12.1 Å². The van der Waals surface area contributed by atoms with Crippen molar-refractivity contribution in [3.8, 4) is 5.75 Å². The first-order valence-corrected chi connectivity index (χ1v) is 4.34. The summed E-state index contributed by atoms with van der Waals surface area (Å²) in [5, 5.41) is 10.5. The summed E-state index contributed by atoms with van der Waals surface area (Å²) in [6.07, 6.45) is 0. The molecule has 0 aliphatic heterocycles. The fourth-order valence-electron chi connectivity index (χ4n) is 1.25. The maximum absolute atomic E-state index is 10.5. The van der Waals surface area contributed by atoms with E-state index in [1.54, 1.807) is 0 Å². The lowest BCUT2D eigenvalue weighted by molar-refractivity contribution is 0.445. The van der Waals surface area contributed by atoms with Gasteiger partial charge in [0, 0.05) is 32.3 Å². The smallest absolute Gasteiger partial charge is 0.121 e. The standard InChI is InChI=1S/C14H23NO/c1-13(2,3)9-7-10(14(4,5)6)12(16)8-11(9)15/h7-8,16H,15H2,1-6H3/i1D3,2D3,4D3,5D3,6D3,8D. The molecule has 0 heterocycles. The molecular formula is C14H23NO. The van der Waals surface area contributed by atoms with Crippen LogP contribution in [-0.4, -0.2) is 5.11 Å². The zero-order valence-corrected chi connectivity index (χ0v) is 8.60. The fourth-order valence-corrected chi connectivity index (χ4v) is 1.25.